The second-order valence-electron chi connectivity index (χ2n) is 8.50. The van der Waals surface area contributed by atoms with E-state index in [9.17, 15) is 0 Å². The van der Waals surface area contributed by atoms with Gasteiger partial charge in [-0.1, -0.05) is 64.5 Å². The molecule has 6 heteroatoms. The van der Waals surface area contributed by atoms with E-state index < -0.39 is 0 Å². The van der Waals surface area contributed by atoms with E-state index in [1.54, 1.807) is 7.11 Å². The Labute approximate surface area is 217 Å². The quantitative estimate of drug-likeness (QED) is 0.224. The fraction of sp³-hybridized carbons (Fsp3) is 0.0667. The van der Waals surface area contributed by atoms with Crippen molar-refractivity contribution < 1.29 is 4.74 Å². The number of aromatic nitrogens is 4. The zero-order valence-corrected chi connectivity index (χ0v) is 21.3. The molecule has 2 aromatic heterocycles. The van der Waals surface area contributed by atoms with Gasteiger partial charge in [-0.15, -0.1) is 0 Å². The second kappa shape index (κ2) is 9.47. The standard InChI is InChI=1S/C30H23BrN4O/c1-36-24-17-15-21(16-18-24)29-25(20-35(33-29)23-10-3-2-4-11-23)30-32-27-13-7-8-14-28(27)34(30)19-22-9-5-6-12-26(22)31/h2-18,20H,19H2,1H3. The molecule has 0 radical (unpaired) electrons. The van der Waals surface area contributed by atoms with Crippen LogP contribution < -0.4 is 4.74 Å². The van der Waals surface area contributed by atoms with E-state index in [0.29, 0.717) is 6.54 Å². The molecule has 5 nitrogen and oxygen atoms in total. The van der Waals surface area contributed by atoms with Gasteiger partial charge in [0.15, 0.2) is 0 Å². The van der Waals surface area contributed by atoms with Crippen molar-refractivity contribution in [1.29, 1.82) is 0 Å². The van der Waals surface area contributed by atoms with E-state index in [4.69, 9.17) is 14.8 Å². The first-order valence-corrected chi connectivity index (χ1v) is 12.5. The Morgan fingerprint density at radius 1 is 0.806 bits per heavy atom. The van der Waals surface area contributed by atoms with Gasteiger partial charge in [-0.05, 0) is 60.2 Å². The number of benzene rings is 4. The van der Waals surface area contributed by atoms with Crippen molar-refractivity contribution in [2.24, 2.45) is 0 Å². The first kappa shape index (κ1) is 22.3. The van der Waals surface area contributed by atoms with Crippen LogP contribution in [0.4, 0.5) is 0 Å². The summed E-state index contributed by atoms with van der Waals surface area (Å²) in [5, 5.41) is 5.03. The number of nitrogens with zero attached hydrogens (tertiary/aromatic N) is 4. The average molecular weight is 535 g/mol. The topological polar surface area (TPSA) is 44.9 Å². The van der Waals surface area contributed by atoms with Gasteiger partial charge < -0.3 is 9.30 Å². The smallest absolute Gasteiger partial charge is 0.145 e. The Morgan fingerprint density at radius 2 is 1.53 bits per heavy atom. The zero-order chi connectivity index (χ0) is 24.5. The Balaban J connectivity index is 1.58. The molecule has 0 aliphatic rings. The Hall–Kier alpha value is -4.16. The average Bonchev–Trinajstić information content (AvgIpc) is 3.53. The molecule has 0 aliphatic carbocycles. The number of methoxy groups -OCH3 is 1. The molecule has 0 N–H and O–H groups in total. The first-order valence-electron chi connectivity index (χ1n) is 11.7. The van der Waals surface area contributed by atoms with Gasteiger partial charge in [-0.3, -0.25) is 0 Å². The number of hydrogen-bond donors (Lipinski definition) is 0. The molecule has 0 amide bonds. The number of fused-ring (bicyclic) bond motifs is 1. The lowest BCUT2D eigenvalue weighted by molar-refractivity contribution is 0.415. The van der Waals surface area contributed by atoms with Gasteiger partial charge in [0.1, 0.15) is 17.3 Å². The molecule has 36 heavy (non-hydrogen) atoms. The van der Waals surface area contributed by atoms with Crippen molar-refractivity contribution in [3.63, 3.8) is 0 Å². The number of hydrogen-bond acceptors (Lipinski definition) is 3. The summed E-state index contributed by atoms with van der Waals surface area (Å²) in [6.45, 7) is 0.676. The number of halogens is 1. The zero-order valence-electron chi connectivity index (χ0n) is 19.7. The van der Waals surface area contributed by atoms with Crippen LogP contribution in [0.1, 0.15) is 5.56 Å². The van der Waals surface area contributed by atoms with Crippen LogP contribution in [0.25, 0.3) is 39.4 Å². The number of imidazole rings is 1. The molecule has 0 fully saturated rings. The van der Waals surface area contributed by atoms with Crippen LogP contribution in [0.5, 0.6) is 5.75 Å². The van der Waals surface area contributed by atoms with Crippen molar-refractivity contribution in [3.8, 4) is 34.1 Å². The molecule has 0 saturated heterocycles. The van der Waals surface area contributed by atoms with Crippen molar-refractivity contribution >= 4 is 27.0 Å². The van der Waals surface area contributed by atoms with E-state index in [0.717, 1.165) is 49.6 Å². The van der Waals surface area contributed by atoms with Crippen LogP contribution >= 0.6 is 15.9 Å². The summed E-state index contributed by atoms with van der Waals surface area (Å²) in [5.41, 5.74) is 7.04. The Bertz CT molecular complexity index is 1650. The maximum Gasteiger partial charge on any atom is 0.145 e. The lowest BCUT2D eigenvalue weighted by atomic mass is 10.1. The van der Waals surface area contributed by atoms with Gasteiger partial charge in [-0.2, -0.15) is 5.10 Å². The minimum Gasteiger partial charge on any atom is -0.497 e. The largest absolute Gasteiger partial charge is 0.497 e. The second-order valence-corrected chi connectivity index (χ2v) is 9.36. The molecule has 176 valence electrons. The van der Waals surface area contributed by atoms with Crippen molar-refractivity contribution in [1.82, 2.24) is 19.3 Å². The van der Waals surface area contributed by atoms with Crippen LogP contribution in [0, 0.1) is 0 Å². The molecule has 0 spiro atoms. The minimum absolute atomic E-state index is 0.676. The van der Waals surface area contributed by atoms with Crippen LogP contribution in [-0.4, -0.2) is 26.4 Å². The lowest BCUT2D eigenvalue weighted by Crippen LogP contribution is -2.03. The van der Waals surface area contributed by atoms with Crippen LogP contribution in [0.2, 0.25) is 0 Å². The highest BCUT2D eigenvalue weighted by molar-refractivity contribution is 9.10. The fourth-order valence-electron chi connectivity index (χ4n) is 4.45. The van der Waals surface area contributed by atoms with Gasteiger partial charge in [0.05, 0.1) is 35.9 Å². The van der Waals surface area contributed by atoms with Crippen LogP contribution in [0.3, 0.4) is 0 Å². The third kappa shape index (κ3) is 4.10. The van der Waals surface area contributed by atoms with E-state index in [-0.39, 0.29) is 0 Å². The maximum atomic E-state index is 5.38. The van der Waals surface area contributed by atoms with Crippen LogP contribution in [0.15, 0.2) is 114 Å². The summed E-state index contributed by atoms with van der Waals surface area (Å²) in [6, 6.07) is 34.7. The Morgan fingerprint density at radius 3 is 2.31 bits per heavy atom. The van der Waals surface area contributed by atoms with E-state index in [2.05, 4.69) is 75.2 Å². The summed E-state index contributed by atoms with van der Waals surface area (Å²) < 4.78 is 10.7. The molecule has 0 bridgehead atoms. The molecule has 2 heterocycles. The lowest BCUT2D eigenvalue weighted by Gasteiger charge is -2.11. The maximum absolute atomic E-state index is 5.38. The van der Waals surface area contributed by atoms with E-state index in [1.807, 2.05) is 59.3 Å². The third-order valence-corrected chi connectivity index (χ3v) is 7.05. The first-order chi connectivity index (χ1) is 17.7. The molecule has 0 aliphatic heterocycles. The van der Waals surface area contributed by atoms with Crippen LogP contribution in [-0.2, 0) is 6.54 Å². The molecule has 0 saturated carbocycles. The van der Waals surface area contributed by atoms with E-state index in [1.165, 1.54) is 5.56 Å². The third-order valence-electron chi connectivity index (χ3n) is 6.28. The summed E-state index contributed by atoms with van der Waals surface area (Å²) in [4.78, 5) is 5.11. The highest BCUT2D eigenvalue weighted by atomic mass is 79.9. The minimum atomic E-state index is 0.676. The molecule has 6 rings (SSSR count). The van der Waals surface area contributed by atoms with Gasteiger partial charge >= 0.3 is 0 Å². The number of para-hydroxylation sites is 3. The number of rotatable bonds is 6. The molecule has 6 aromatic rings. The summed E-state index contributed by atoms with van der Waals surface area (Å²) >= 11 is 3.72. The van der Waals surface area contributed by atoms with Crippen molar-refractivity contribution in [2.45, 2.75) is 6.54 Å². The van der Waals surface area contributed by atoms with Gasteiger partial charge in [0, 0.05) is 16.2 Å². The highest BCUT2D eigenvalue weighted by Gasteiger charge is 2.21. The predicted molar refractivity (Wildman–Crippen MR) is 148 cm³/mol. The molecule has 4 aromatic carbocycles. The van der Waals surface area contributed by atoms with Gasteiger partial charge in [0.2, 0.25) is 0 Å². The molecule has 0 atom stereocenters. The van der Waals surface area contributed by atoms with Crippen molar-refractivity contribution in [2.75, 3.05) is 7.11 Å². The Kier molecular flexibility index (Phi) is 5.87. The van der Waals surface area contributed by atoms with Crippen molar-refractivity contribution in [3.05, 3.63) is 119 Å². The summed E-state index contributed by atoms with van der Waals surface area (Å²) in [5.74, 6) is 1.68. The molecule has 0 unspecified atom stereocenters. The molecular weight excluding hydrogens is 512 g/mol. The monoisotopic (exact) mass is 534 g/mol. The normalized spacial score (nSPS) is 11.2. The fourth-order valence-corrected chi connectivity index (χ4v) is 4.86. The van der Waals surface area contributed by atoms with Gasteiger partial charge in [-0.25, -0.2) is 9.67 Å². The summed E-state index contributed by atoms with van der Waals surface area (Å²) in [6.07, 6.45) is 2.08. The highest BCUT2D eigenvalue weighted by Crippen LogP contribution is 2.35. The SMILES string of the molecule is COc1ccc(-c2nn(-c3ccccc3)cc2-c2nc3ccccc3n2Cc2ccccc2Br)cc1. The summed E-state index contributed by atoms with van der Waals surface area (Å²) in [7, 11) is 1.68. The van der Waals surface area contributed by atoms with Gasteiger partial charge in [0.25, 0.3) is 0 Å². The van der Waals surface area contributed by atoms with E-state index >= 15 is 0 Å². The predicted octanol–water partition coefficient (Wildman–Crippen LogP) is 7.38. The number of ether oxygens (including phenoxy) is 1. The molecular formula is C30H23BrN4O.